The second-order valence-corrected chi connectivity index (χ2v) is 16.3. The molecule has 318 valence electrons. The van der Waals surface area contributed by atoms with Crippen LogP contribution in [-0.2, 0) is 23.4 Å². The molecule has 0 unspecified atom stereocenters. The smallest absolute Gasteiger partial charge is 0.345 e. The van der Waals surface area contributed by atoms with Crippen molar-refractivity contribution in [2.45, 2.75) is 37.6 Å². The highest BCUT2D eigenvalue weighted by Gasteiger charge is 2.47. The number of aliphatic hydroxyl groups is 2. The number of aromatic nitrogens is 1. The number of phenols is 1. The number of benzene rings is 5. The van der Waals surface area contributed by atoms with Crippen LogP contribution in [0.3, 0.4) is 0 Å². The number of fused-ring (bicyclic) bond motifs is 1. The number of ether oxygens (including phenoxy) is 1. The number of nitrogens with zero attached hydrogens (tertiary/aromatic N) is 2. The van der Waals surface area contributed by atoms with Crippen molar-refractivity contribution in [3.63, 3.8) is 0 Å². The molecule has 2 saturated heterocycles. The molecular formula is C49H48N4O9. The molecular weight excluding hydrogens is 789 g/mol. The predicted octanol–water partition coefficient (Wildman–Crippen LogP) is 5.38. The fourth-order valence-electron chi connectivity index (χ4n) is 8.53. The molecule has 6 aromatic rings. The fourth-order valence-corrected chi connectivity index (χ4v) is 8.53. The van der Waals surface area contributed by atoms with Gasteiger partial charge in [0.2, 0.25) is 11.2 Å². The summed E-state index contributed by atoms with van der Waals surface area (Å²) in [5.74, 6) is -1.10. The number of hydrogen-bond donors (Lipinski definition) is 6. The number of piperidine rings is 1. The Hall–Kier alpha value is -6.80. The first kappa shape index (κ1) is 41.9. The summed E-state index contributed by atoms with van der Waals surface area (Å²) in [7, 11) is 0. The number of carboxylic acids is 1. The van der Waals surface area contributed by atoms with E-state index in [1.165, 1.54) is 18.2 Å². The number of amides is 2. The molecule has 13 heteroatoms. The van der Waals surface area contributed by atoms with Crippen LogP contribution in [0, 0.1) is 5.41 Å². The van der Waals surface area contributed by atoms with Crippen LogP contribution in [0.15, 0.2) is 132 Å². The first-order valence-electron chi connectivity index (χ1n) is 20.7. The van der Waals surface area contributed by atoms with E-state index < -0.39 is 17.7 Å². The number of rotatable bonds is 14. The zero-order valence-electron chi connectivity index (χ0n) is 34.0. The minimum atomic E-state index is -2.24. The number of likely N-dealkylation sites (tertiary alicyclic amines) is 2. The molecule has 0 saturated carbocycles. The summed E-state index contributed by atoms with van der Waals surface area (Å²) < 4.78 is 5.96. The van der Waals surface area contributed by atoms with Gasteiger partial charge < -0.3 is 45.3 Å². The molecule has 6 N–H and O–H groups in total. The quantitative estimate of drug-likeness (QED) is 0.0777. The van der Waals surface area contributed by atoms with E-state index in [1.807, 2.05) is 46.2 Å². The lowest BCUT2D eigenvalue weighted by atomic mass is 9.71. The maximum absolute atomic E-state index is 13.5. The fraction of sp³-hybridized carbons (Fsp3) is 0.265. The molecule has 5 aromatic carbocycles. The molecule has 1 spiro atoms. The third kappa shape index (κ3) is 8.68. The number of H-pyrrole nitrogens is 1. The average molecular weight is 837 g/mol. The van der Waals surface area contributed by atoms with Crippen LogP contribution < -0.4 is 15.6 Å². The third-order valence-electron chi connectivity index (χ3n) is 12.2. The minimum absolute atomic E-state index is 0.00451. The largest absolute Gasteiger partial charge is 0.506 e. The number of carbonyl (C=O) groups is 3. The van der Waals surface area contributed by atoms with E-state index in [4.69, 9.17) is 4.74 Å². The number of phenolic OH excluding ortho intramolecular Hbond substituents is 1. The van der Waals surface area contributed by atoms with E-state index >= 15 is 0 Å². The summed E-state index contributed by atoms with van der Waals surface area (Å²) in [6.07, 6.45) is 1.48. The van der Waals surface area contributed by atoms with E-state index in [9.17, 15) is 39.6 Å². The van der Waals surface area contributed by atoms with E-state index in [0.717, 1.165) is 24.0 Å². The van der Waals surface area contributed by atoms with Gasteiger partial charge in [0, 0.05) is 66.3 Å². The molecule has 13 nitrogen and oxygen atoms in total. The number of carboxylic acid groups (broad SMARTS) is 1. The van der Waals surface area contributed by atoms with Crippen LogP contribution in [-0.4, -0.2) is 92.3 Å². The van der Waals surface area contributed by atoms with Gasteiger partial charge in [-0.15, -0.1) is 0 Å². The van der Waals surface area contributed by atoms with Crippen molar-refractivity contribution in [1.29, 1.82) is 0 Å². The maximum atomic E-state index is 13.5. The first-order valence-corrected chi connectivity index (χ1v) is 20.7. The Morgan fingerprint density at radius 1 is 0.774 bits per heavy atom. The minimum Gasteiger partial charge on any atom is -0.506 e. The van der Waals surface area contributed by atoms with Gasteiger partial charge in [0.25, 0.3) is 11.8 Å². The normalized spacial score (nSPS) is 16.0. The summed E-state index contributed by atoms with van der Waals surface area (Å²) in [5.41, 5.74) is 1.82. The average Bonchev–Trinajstić information content (AvgIpc) is 3.29. The van der Waals surface area contributed by atoms with Crippen LogP contribution >= 0.6 is 0 Å². The SMILES string of the molecule is O=C(c1ccc(COc2cccc([C@](O)(C(=O)O)c3ccccc3)c2)cc1)N1CCC2(CC1)CN(C(=O)c1ccc(CCNC[C@H](O)c3ccc(O)c4[nH]c(=O)ccc34)cc1)C2. The van der Waals surface area contributed by atoms with E-state index in [2.05, 4.69) is 10.3 Å². The van der Waals surface area contributed by atoms with Crippen LogP contribution in [0.25, 0.3) is 10.9 Å². The highest BCUT2D eigenvalue weighted by molar-refractivity contribution is 5.95. The van der Waals surface area contributed by atoms with Gasteiger partial charge in [-0.05, 0) is 96.6 Å². The molecule has 8 rings (SSSR count). The highest BCUT2D eigenvalue weighted by atomic mass is 16.5. The lowest BCUT2D eigenvalue weighted by molar-refractivity contribution is -0.155. The van der Waals surface area contributed by atoms with E-state index in [0.29, 0.717) is 72.5 Å². The van der Waals surface area contributed by atoms with Crippen LogP contribution in [0.5, 0.6) is 11.5 Å². The molecule has 0 aliphatic carbocycles. The van der Waals surface area contributed by atoms with Gasteiger partial charge in [-0.1, -0.05) is 72.8 Å². The molecule has 0 bridgehead atoms. The molecule has 2 fully saturated rings. The summed E-state index contributed by atoms with van der Waals surface area (Å²) in [5, 5.41) is 46.0. The van der Waals surface area contributed by atoms with Crippen molar-refractivity contribution in [1.82, 2.24) is 20.1 Å². The Morgan fingerprint density at radius 3 is 2.10 bits per heavy atom. The van der Waals surface area contributed by atoms with Crippen LogP contribution in [0.4, 0.5) is 0 Å². The molecule has 62 heavy (non-hydrogen) atoms. The van der Waals surface area contributed by atoms with Gasteiger partial charge in [0.05, 0.1) is 11.6 Å². The van der Waals surface area contributed by atoms with E-state index in [-0.39, 0.29) is 52.8 Å². The third-order valence-corrected chi connectivity index (χ3v) is 12.2. The lowest BCUT2D eigenvalue weighted by Gasteiger charge is -2.54. The van der Waals surface area contributed by atoms with E-state index in [1.54, 1.807) is 72.8 Å². The zero-order chi connectivity index (χ0) is 43.4. The number of nitrogens with one attached hydrogen (secondary N) is 2. The number of aromatic amines is 1. The van der Waals surface area contributed by atoms with Gasteiger partial charge >= 0.3 is 5.97 Å². The molecule has 3 heterocycles. The maximum Gasteiger partial charge on any atom is 0.345 e. The Kier molecular flexibility index (Phi) is 11.9. The second-order valence-electron chi connectivity index (χ2n) is 16.3. The standard InChI is InChI=1S/C49H48N4O9/c54-41-19-17-39(40-18-20-43(56)51-44(40)41)42(55)28-50-24-21-32-9-13-35(14-10-32)46(58)53-30-48(31-53)22-25-52(26-23-48)45(57)34-15-11-33(12-16-34)29-62-38-8-4-7-37(27-38)49(61,47(59)60)36-5-2-1-3-6-36/h1-20,27,42,50,54-55,61H,21-26,28-31H2,(H,51,56)(H,59,60)/t42-,49-/m0/s1. The summed E-state index contributed by atoms with van der Waals surface area (Å²) in [6.45, 7) is 3.60. The molecule has 1 aromatic heterocycles. The Balaban J connectivity index is 0.764. The number of aliphatic carboxylic acids is 1. The Bertz CT molecular complexity index is 2630. The Morgan fingerprint density at radius 2 is 1.42 bits per heavy atom. The van der Waals surface area contributed by atoms with Gasteiger partial charge in [-0.3, -0.25) is 14.4 Å². The number of aromatic hydroxyl groups is 1. The van der Waals surface area contributed by atoms with Gasteiger partial charge in [-0.2, -0.15) is 0 Å². The molecule has 2 amide bonds. The lowest BCUT2D eigenvalue weighted by Crippen LogP contribution is -2.62. The highest BCUT2D eigenvalue weighted by Crippen LogP contribution is 2.41. The van der Waals surface area contributed by atoms with Crippen LogP contribution in [0.2, 0.25) is 0 Å². The van der Waals surface area contributed by atoms with Gasteiger partial charge in [0.1, 0.15) is 18.1 Å². The summed E-state index contributed by atoms with van der Waals surface area (Å²) in [4.78, 5) is 57.1. The van der Waals surface area contributed by atoms with Crippen molar-refractivity contribution in [2.24, 2.45) is 5.41 Å². The van der Waals surface area contributed by atoms with Crippen molar-refractivity contribution in [3.05, 3.63) is 177 Å². The van der Waals surface area contributed by atoms with Gasteiger partial charge in [-0.25, -0.2) is 4.79 Å². The van der Waals surface area contributed by atoms with Gasteiger partial charge in [0.15, 0.2) is 0 Å². The van der Waals surface area contributed by atoms with Crippen LogP contribution in [0.1, 0.15) is 67.5 Å². The van der Waals surface area contributed by atoms with Crippen molar-refractivity contribution < 1.29 is 39.5 Å². The van der Waals surface area contributed by atoms with Crippen molar-refractivity contribution >= 4 is 28.7 Å². The molecule has 2 aliphatic rings. The first-order chi connectivity index (χ1) is 29.9. The summed E-state index contributed by atoms with van der Waals surface area (Å²) in [6, 6.07) is 35.5. The predicted molar refractivity (Wildman–Crippen MR) is 232 cm³/mol. The molecule has 2 aliphatic heterocycles. The molecule has 2 atom stereocenters. The zero-order valence-corrected chi connectivity index (χ0v) is 34.0. The topological polar surface area (TPSA) is 193 Å². The monoisotopic (exact) mass is 836 g/mol. The van der Waals surface area contributed by atoms with Crippen molar-refractivity contribution in [3.8, 4) is 11.5 Å². The summed E-state index contributed by atoms with van der Waals surface area (Å²) >= 11 is 0. The number of hydrogen-bond acceptors (Lipinski definition) is 9. The van der Waals surface area contributed by atoms with Crippen molar-refractivity contribution in [2.75, 3.05) is 39.3 Å². The molecule has 0 radical (unpaired) electrons. The second kappa shape index (κ2) is 17.7. The number of carbonyl (C=O) groups excluding carboxylic acids is 2. The number of aliphatic hydroxyl groups excluding tert-OH is 1. The Labute approximate surface area is 357 Å². The number of pyridine rings is 1.